The predicted molar refractivity (Wildman–Crippen MR) is 79.5 cm³/mol. The first-order valence-electron chi connectivity index (χ1n) is 6.12. The highest BCUT2D eigenvalue weighted by atomic mass is 79.9. The monoisotopic (exact) mass is 321 g/mol. The number of nitrogens with one attached hydrogen (secondary N) is 1. The minimum atomic E-state index is -0.148. The summed E-state index contributed by atoms with van der Waals surface area (Å²) in [4.78, 5) is 16.5. The smallest absolute Gasteiger partial charge is 0.273 e. The Morgan fingerprint density at radius 3 is 2.74 bits per heavy atom. The summed E-state index contributed by atoms with van der Waals surface area (Å²) in [7, 11) is 0. The topological polar surface area (TPSA) is 46.9 Å². The van der Waals surface area contributed by atoms with Gasteiger partial charge in [0.1, 0.15) is 11.5 Å². The zero-order chi connectivity index (χ0) is 14.0. The lowest BCUT2D eigenvalue weighted by Gasteiger charge is -2.08. The van der Waals surface area contributed by atoms with Gasteiger partial charge in [0.2, 0.25) is 0 Å². The van der Waals surface area contributed by atoms with Gasteiger partial charge >= 0.3 is 0 Å². The van der Waals surface area contributed by atoms with Crippen molar-refractivity contribution in [3.05, 3.63) is 45.8 Å². The first kappa shape index (κ1) is 13.8. The summed E-state index contributed by atoms with van der Waals surface area (Å²) < 4.78 is 2.79. The molecule has 0 aliphatic carbocycles. The van der Waals surface area contributed by atoms with E-state index in [2.05, 4.69) is 26.2 Å². The van der Waals surface area contributed by atoms with Crippen molar-refractivity contribution in [2.45, 2.75) is 27.3 Å². The molecule has 1 N–H and O–H groups in total. The van der Waals surface area contributed by atoms with E-state index >= 15 is 0 Å². The van der Waals surface area contributed by atoms with Gasteiger partial charge in [-0.2, -0.15) is 0 Å². The Morgan fingerprint density at radius 2 is 2.11 bits per heavy atom. The van der Waals surface area contributed by atoms with Crippen molar-refractivity contribution >= 4 is 27.7 Å². The van der Waals surface area contributed by atoms with E-state index in [1.807, 2.05) is 49.7 Å². The molecule has 19 heavy (non-hydrogen) atoms. The van der Waals surface area contributed by atoms with Crippen LogP contribution in [0, 0.1) is 13.8 Å². The Hall–Kier alpha value is -1.62. The fraction of sp³-hybridized carbons (Fsp3) is 0.286. The number of carbonyl (C=O) groups is 1. The van der Waals surface area contributed by atoms with Crippen LogP contribution in [0.1, 0.15) is 28.7 Å². The van der Waals surface area contributed by atoms with Crippen molar-refractivity contribution in [2.24, 2.45) is 0 Å². The number of aromatic nitrogens is 2. The van der Waals surface area contributed by atoms with E-state index in [0.717, 1.165) is 22.3 Å². The Labute approximate surface area is 121 Å². The highest BCUT2D eigenvalue weighted by Gasteiger charge is 2.13. The maximum Gasteiger partial charge on any atom is 0.273 e. The fourth-order valence-corrected chi connectivity index (χ4v) is 2.48. The zero-order valence-corrected chi connectivity index (χ0v) is 12.8. The summed E-state index contributed by atoms with van der Waals surface area (Å²) >= 11 is 3.38. The number of pyridine rings is 1. The average molecular weight is 322 g/mol. The van der Waals surface area contributed by atoms with Gasteiger partial charge in [-0.25, -0.2) is 4.98 Å². The van der Waals surface area contributed by atoms with Gasteiger partial charge in [-0.3, -0.25) is 4.79 Å². The van der Waals surface area contributed by atoms with Gasteiger partial charge in [0, 0.05) is 22.9 Å². The number of hydrogen-bond donors (Lipinski definition) is 1. The molecule has 100 valence electrons. The minimum Gasteiger partial charge on any atom is -0.343 e. The number of nitrogens with zero attached hydrogens (tertiary/aromatic N) is 2. The van der Waals surface area contributed by atoms with Gasteiger partial charge in [-0.15, -0.1) is 0 Å². The molecule has 0 aromatic carbocycles. The lowest BCUT2D eigenvalue weighted by atomic mass is 10.2. The number of anilines is 1. The number of hydrogen-bond acceptors (Lipinski definition) is 2. The van der Waals surface area contributed by atoms with E-state index in [9.17, 15) is 4.79 Å². The highest BCUT2D eigenvalue weighted by molar-refractivity contribution is 9.10. The third-order valence-corrected chi connectivity index (χ3v) is 3.21. The molecule has 0 atom stereocenters. The number of rotatable bonds is 3. The van der Waals surface area contributed by atoms with Crippen LogP contribution in [0.5, 0.6) is 0 Å². The van der Waals surface area contributed by atoms with Gasteiger partial charge in [0.05, 0.1) is 0 Å². The molecular weight excluding hydrogens is 306 g/mol. The summed E-state index contributed by atoms with van der Waals surface area (Å²) in [6, 6.07) is 5.64. The lowest BCUT2D eigenvalue weighted by Crippen LogP contribution is -2.17. The molecule has 0 saturated carbocycles. The standard InChI is InChI=1S/C14H16BrN3O/c1-4-18-8-11(15)7-12(18)14(19)17-13-6-9(2)5-10(3)16-13/h5-8H,4H2,1-3H3,(H,16,17,19). The van der Waals surface area contributed by atoms with Gasteiger partial charge in [-0.05, 0) is 60.5 Å². The Kier molecular flexibility index (Phi) is 4.04. The van der Waals surface area contributed by atoms with E-state index in [4.69, 9.17) is 0 Å². The van der Waals surface area contributed by atoms with Crippen molar-refractivity contribution in [3.63, 3.8) is 0 Å². The molecule has 2 rings (SSSR count). The minimum absolute atomic E-state index is 0.148. The Bertz CT molecular complexity index is 599. The molecule has 4 nitrogen and oxygen atoms in total. The largest absolute Gasteiger partial charge is 0.343 e. The van der Waals surface area contributed by atoms with Gasteiger partial charge < -0.3 is 9.88 Å². The summed E-state index contributed by atoms with van der Waals surface area (Å²) in [5.41, 5.74) is 2.59. The average Bonchev–Trinajstić information content (AvgIpc) is 2.69. The molecule has 0 bridgehead atoms. The van der Waals surface area contributed by atoms with E-state index < -0.39 is 0 Å². The van der Waals surface area contributed by atoms with Crippen LogP contribution in [0.2, 0.25) is 0 Å². The lowest BCUT2D eigenvalue weighted by molar-refractivity contribution is 0.101. The fourth-order valence-electron chi connectivity index (χ4n) is 2.01. The van der Waals surface area contributed by atoms with Gasteiger partial charge in [-0.1, -0.05) is 0 Å². The van der Waals surface area contributed by atoms with Crippen molar-refractivity contribution in [1.29, 1.82) is 0 Å². The second-order valence-electron chi connectivity index (χ2n) is 4.45. The van der Waals surface area contributed by atoms with Crippen LogP contribution in [0.25, 0.3) is 0 Å². The first-order valence-corrected chi connectivity index (χ1v) is 6.91. The second kappa shape index (κ2) is 5.57. The van der Waals surface area contributed by atoms with Crippen LogP contribution in [-0.4, -0.2) is 15.5 Å². The third-order valence-electron chi connectivity index (χ3n) is 2.78. The third kappa shape index (κ3) is 3.23. The maximum absolute atomic E-state index is 12.2. The summed E-state index contributed by atoms with van der Waals surface area (Å²) in [5.74, 6) is 0.438. The number of aryl methyl sites for hydroxylation is 3. The number of halogens is 1. The maximum atomic E-state index is 12.2. The molecule has 0 aliphatic rings. The molecule has 0 saturated heterocycles. The summed E-state index contributed by atoms with van der Waals surface area (Å²) in [5, 5.41) is 2.84. The zero-order valence-electron chi connectivity index (χ0n) is 11.2. The van der Waals surface area contributed by atoms with Crippen LogP contribution in [0.3, 0.4) is 0 Å². The first-order chi connectivity index (χ1) is 8.99. The van der Waals surface area contributed by atoms with Crippen molar-refractivity contribution in [3.8, 4) is 0 Å². The van der Waals surface area contributed by atoms with Crippen molar-refractivity contribution < 1.29 is 4.79 Å². The molecule has 0 fully saturated rings. The molecule has 5 heteroatoms. The van der Waals surface area contributed by atoms with Crippen molar-refractivity contribution in [2.75, 3.05) is 5.32 Å². The molecule has 2 heterocycles. The molecule has 1 amide bonds. The van der Waals surface area contributed by atoms with Crippen LogP contribution >= 0.6 is 15.9 Å². The molecule has 2 aromatic rings. The van der Waals surface area contributed by atoms with E-state index in [-0.39, 0.29) is 5.91 Å². The molecule has 0 unspecified atom stereocenters. The van der Waals surface area contributed by atoms with E-state index in [1.54, 1.807) is 0 Å². The molecular formula is C14H16BrN3O. The highest BCUT2D eigenvalue weighted by Crippen LogP contribution is 2.17. The van der Waals surface area contributed by atoms with Gasteiger partial charge in [0.15, 0.2) is 0 Å². The Balaban J connectivity index is 2.25. The molecule has 0 spiro atoms. The SMILES string of the molecule is CCn1cc(Br)cc1C(=O)Nc1cc(C)cc(C)n1. The normalized spacial score (nSPS) is 10.5. The van der Waals surface area contributed by atoms with Crippen LogP contribution in [-0.2, 0) is 6.54 Å². The number of carbonyl (C=O) groups excluding carboxylic acids is 1. The molecule has 2 aromatic heterocycles. The second-order valence-corrected chi connectivity index (χ2v) is 5.37. The Morgan fingerprint density at radius 1 is 1.37 bits per heavy atom. The van der Waals surface area contributed by atoms with E-state index in [0.29, 0.717) is 11.5 Å². The van der Waals surface area contributed by atoms with E-state index in [1.165, 1.54) is 0 Å². The summed E-state index contributed by atoms with van der Waals surface area (Å²) in [6.45, 7) is 6.64. The predicted octanol–water partition coefficient (Wildman–Crippen LogP) is 3.53. The summed E-state index contributed by atoms with van der Waals surface area (Å²) in [6.07, 6.45) is 1.89. The van der Waals surface area contributed by atoms with Crippen LogP contribution < -0.4 is 5.32 Å². The van der Waals surface area contributed by atoms with Crippen molar-refractivity contribution in [1.82, 2.24) is 9.55 Å². The molecule has 0 aliphatic heterocycles. The number of amides is 1. The van der Waals surface area contributed by atoms with Gasteiger partial charge in [0.25, 0.3) is 5.91 Å². The van der Waals surface area contributed by atoms with Crippen LogP contribution in [0.15, 0.2) is 28.9 Å². The molecule has 0 radical (unpaired) electrons. The quantitative estimate of drug-likeness (QED) is 0.939. The van der Waals surface area contributed by atoms with Crippen LogP contribution in [0.4, 0.5) is 5.82 Å².